The van der Waals surface area contributed by atoms with Crippen LogP contribution in [0.5, 0.6) is 0 Å². The van der Waals surface area contributed by atoms with Crippen LogP contribution in [0.4, 0.5) is 10.1 Å². The van der Waals surface area contributed by atoms with E-state index < -0.39 is 10.0 Å². The van der Waals surface area contributed by atoms with E-state index in [-0.39, 0.29) is 16.8 Å². The Hall–Kier alpha value is -1.63. The van der Waals surface area contributed by atoms with Gasteiger partial charge in [0.15, 0.2) is 0 Å². The van der Waals surface area contributed by atoms with Crippen LogP contribution < -0.4 is 10.0 Å². The molecule has 0 fully saturated rings. The third-order valence-electron chi connectivity index (χ3n) is 4.09. The van der Waals surface area contributed by atoms with Gasteiger partial charge in [0, 0.05) is 23.3 Å². The molecule has 0 unspecified atom stereocenters. The second-order valence-corrected chi connectivity index (χ2v) is 7.72. The summed E-state index contributed by atoms with van der Waals surface area (Å²) in [5.74, 6) is -0.369. The maximum atomic E-state index is 13.2. The topological polar surface area (TPSA) is 63.4 Å². The molecule has 0 saturated carbocycles. The molecule has 23 heavy (non-hydrogen) atoms. The molecule has 1 heterocycles. The van der Waals surface area contributed by atoms with Gasteiger partial charge in [-0.25, -0.2) is 17.9 Å². The molecule has 0 aromatic heterocycles. The van der Waals surface area contributed by atoms with Crippen molar-refractivity contribution in [1.82, 2.24) is 0 Å². The molecule has 0 spiro atoms. The lowest BCUT2D eigenvalue weighted by Crippen LogP contribution is -2.28. The molecule has 1 aliphatic rings. The van der Waals surface area contributed by atoms with Crippen molar-refractivity contribution in [2.24, 2.45) is 5.14 Å². The van der Waals surface area contributed by atoms with Gasteiger partial charge in [-0.3, -0.25) is 0 Å². The fraction of sp³-hybridized carbons (Fsp3) is 0.250. The zero-order valence-corrected chi connectivity index (χ0v) is 14.0. The van der Waals surface area contributed by atoms with Gasteiger partial charge in [-0.1, -0.05) is 17.7 Å². The molecule has 7 heteroatoms. The minimum Gasteiger partial charge on any atom is -0.364 e. The molecular weight excluding hydrogens is 339 g/mol. The highest BCUT2D eigenvalue weighted by Crippen LogP contribution is 2.35. The first-order valence-corrected chi connectivity index (χ1v) is 9.04. The monoisotopic (exact) mass is 354 g/mol. The average Bonchev–Trinajstić information content (AvgIpc) is 2.76. The minimum absolute atomic E-state index is 0.116. The first-order chi connectivity index (χ1) is 10.8. The molecule has 2 aromatic carbocycles. The number of nitrogens with two attached hydrogens (primary N) is 1. The van der Waals surface area contributed by atoms with Crippen LogP contribution in [0, 0.1) is 5.82 Å². The van der Waals surface area contributed by atoms with Crippen molar-refractivity contribution in [2.45, 2.75) is 30.8 Å². The Kier molecular flexibility index (Phi) is 4.08. The molecule has 0 aliphatic carbocycles. The molecule has 2 aromatic rings. The number of hydrogen-bond acceptors (Lipinski definition) is 3. The van der Waals surface area contributed by atoms with E-state index >= 15 is 0 Å². The maximum absolute atomic E-state index is 13.2. The van der Waals surface area contributed by atoms with Crippen LogP contribution in [0.1, 0.15) is 18.1 Å². The smallest absolute Gasteiger partial charge is 0.238 e. The van der Waals surface area contributed by atoms with Gasteiger partial charge in [0.2, 0.25) is 10.0 Å². The van der Waals surface area contributed by atoms with Crippen molar-refractivity contribution >= 4 is 27.3 Å². The largest absolute Gasteiger partial charge is 0.364 e. The van der Waals surface area contributed by atoms with Crippen LogP contribution in [0.2, 0.25) is 5.02 Å². The van der Waals surface area contributed by atoms with E-state index in [0.717, 1.165) is 23.2 Å². The van der Waals surface area contributed by atoms with E-state index in [1.165, 1.54) is 18.2 Å². The predicted octanol–water partition coefficient (Wildman–Crippen LogP) is 3.08. The third-order valence-corrected chi connectivity index (χ3v) is 5.35. The maximum Gasteiger partial charge on any atom is 0.238 e. The Labute approximate surface area is 139 Å². The fourth-order valence-electron chi connectivity index (χ4n) is 2.92. The van der Waals surface area contributed by atoms with Crippen LogP contribution in [-0.4, -0.2) is 14.5 Å². The molecule has 1 aliphatic heterocycles. The fourth-order valence-corrected chi connectivity index (χ4v) is 3.71. The Morgan fingerprint density at radius 1 is 1.30 bits per heavy atom. The van der Waals surface area contributed by atoms with Gasteiger partial charge in [-0.15, -0.1) is 0 Å². The van der Waals surface area contributed by atoms with Crippen LogP contribution in [-0.2, 0) is 23.0 Å². The second kappa shape index (κ2) is 5.78. The first kappa shape index (κ1) is 16.2. The summed E-state index contributed by atoms with van der Waals surface area (Å²) in [6, 6.07) is 9.41. The molecule has 0 bridgehead atoms. The normalized spacial score (nSPS) is 17.4. The molecule has 0 radical (unpaired) electrons. The Bertz CT molecular complexity index is 870. The summed E-state index contributed by atoms with van der Waals surface area (Å²) in [7, 11) is -3.71. The van der Waals surface area contributed by atoms with E-state index in [2.05, 4.69) is 4.90 Å². The van der Waals surface area contributed by atoms with E-state index in [1.54, 1.807) is 18.2 Å². The van der Waals surface area contributed by atoms with E-state index in [9.17, 15) is 12.8 Å². The van der Waals surface area contributed by atoms with Gasteiger partial charge in [0.1, 0.15) is 5.82 Å². The summed E-state index contributed by atoms with van der Waals surface area (Å²) in [4.78, 5) is 2.24. The number of fused-ring (bicyclic) bond motifs is 1. The summed E-state index contributed by atoms with van der Waals surface area (Å²) in [6.45, 7) is 2.58. The standard InChI is InChI=1S/C16H16ClFN2O2S/c1-10-6-12-7-14(23(19,21)22)4-5-16(12)20(10)9-11-2-3-13(18)8-15(11)17/h2-5,7-8,10H,6,9H2,1H3,(H2,19,21,22)/t10-/m0/s1. The van der Waals surface area contributed by atoms with Gasteiger partial charge in [0.25, 0.3) is 0 Å². The number of halogens is 2. The Morgan fingerprint density at radius 3 is 2.70 bits per heavy atom. The minimum atomic E-state index is -3.71. The highest BCUT2D eigenvalue weighted by Gasteiger charge is 2.27. The molecule has 4 nitrogen and oxygen atoms in total. The van der Waals surface area contributed by atoms with Crippen molar-refractivity contribution in [1.29, 1.82) is 0 Å². The zero-order chi connectivity index (χ0) is 16.8. The van der Waals surface area contributed by atoms with Gasteiger partial charge in [0.05, 0.1) is 4.90 Å². The molecule has 0 amide bonds. The molecule has 3 rings (SSSR count). The second-order valence-electron chi connectivity index (χ2n) is 5.75. The molecule has 122 valence electrons. The van der Waals surface area contributed by atoms with E-state index in [4.69, 9.17) is 16.7 Å². The quantitative estimate of drug-likeness (QED) is 0.921. The molecular formula is C16H16ClFN2O2S. The van der Waals surface area contributed by atoms with Gasteiger partial charge in [-0.2, -0.15) is 0 Å². The van der Waals surface area contributed by atoms with Crippen molar-refractivity contribution in [3.05, 3.63) is 58.4 Å². The van der Waals surface area contributed by atoms with Gasteiger partial charge in [-0.05, 0) is 54.8 Å². The van der Waals surface area contributed by atoms with Crippen LogP contribution >= 0.6 is 11.6 Å². The number of rotatable bonds is 3. The lowest BCUT2D eigenvalue weighted by molar-refractivity contribution is 0.597. The van der Waals surface area contributed by atoms with Crippen molar-refractivity contribution < 1.29 is 12.8 Å². The summed E-state index contributed by atoms with van der Waals surface area (Å²) in [5.41, 5.74) is 2.70. The van der Waals surface area contributed by atoms with Crippen LogP contribution in [0.15, 0.2) is 41.3 Å². The summed E-state index contributed by atoms with van der Waals surface area (Å²) < 4.78 is 36.1. The number of sulfonamides is 1. The summed E-state index contributed by atoms with van der Waals surface area (Å²) in [5, 5.41) is 5.56. The number of hydrogen-bond donors (Lipinski definition) is 1. The number of nitrogens with zero attached hydrogens (tertiary/aromatic N) is 1. The van der Waals surface area contributed by atoms with Gasteiger partial charge >= 0.3 is 0 Å². The molecule has 1 atom stereocenters. The number of primary sulfonamides is 1. The van der Waals surface area contributed by atoms with Crippen LogP contribution in [0.25, 0.3) is 0 Å². The lowest BCUT2D eigenvalue weighted by atomic mass is 10.1. The predicted molar refractivity (Wildman–Crippen MR) is 88.6 cm³/mol. The van der Waals surface area contributed by atoms with Crippen LogP contribution in [0.3, 0.4) is 0 Å². The number of benzene rings is 2. The average molecular weight is 355 g/mol. The van der Waals surface area contributed by atoms with Crippen molar-refractivity contribution in [3.8, 4) is 0 Å². The Balaban J connectivity index is 1.94. The highest BCUT2D eigenvalue weighted by molar-refractivity contribution is 7.89. The zero-order valence-electron chi connectivity index (χ0n) is 12.5. The van der Waals surface area contributed by atoms with Crippen molar-refractivity contribution in [2.75, 3.05) is 4.90 Å². The van der Waals surface area contributed by atoms with E-state index in [0.29, 0.717) is 11.6 Å². The number of anilines is 1. The highest BCUT2D eigenvalue weighted by atomic mass is 35.5. The summed E-state index contributed by atoms with van der Waals surface area (Å²) in [6.07, 6.45) is 0.720. The first-order valence-electron chi connectivity index (χ1n) is 7.12. The third kappa shape index (κ3) is 3.20. The SMILES string of the molecule is C[C@H]1Cc2cc(S(N)(=O)=O)ccc2N1Cc1ccc(F)cc1Cl. The Morgan fingerprint density at radius 2 is 2.04 bits per heavy atom. The van der Waals surface area contributed by atoms with Gasteiger partial charge < -0.3 is 4.90 Å². The van der Waals surface area contributed by atoms with E-state index in [1.807, 2.05) is 6.92 Å². The van der Waals surface area contributed by atoms with Crippen molar-refractivity contribution in [3.63, 3.8) is 0 Å². The molecule has 2 N–H and O–H groups in total. The molecule has 0 saturated heterocycles. The summed E-state index contributed by atoms with van der Waals surface area (Å²) >= 11 is 6.11. The lowest BCUT2D eigenvalue weighted by Gasteiger charge is -2.25.